The van der Waals surface area contributed by atoms with Crippen LogP contribution in [0.3, 0.4) is 0 Å². The molecule has 1 aliphatic rings. The molecular weight excluding hydrogens is 464 g/mol. The summed E-state index contributed by atoms with van der Waals surface area (Å²) in [4.78, 5) is 37.7. The van der Waals surface area contributed by atoms with Crippen LogP contribution in [-0.2, 0) is 9.59 Å². The third-order valence-corrected chi connectivity index (χ3v) is 6.08. The van der Waals surface area contributed by atoms with Crippen LogP contribution in [0.25, 0.3) is 11.5 Å². The van der Waals surface area contributed by atoms with Crippen molar-refractivity contribution in [1.82, 2.24) is 20.1 Å². The number of hydrogen-bond acceptors (Lipinski definition) is 9. The number of aliphatic carboxylic acids is 1. The first-order valence-electron chi connectivity index (χ1n) is 12.0. The van der Waals surface area contributed by atoms with Crippen molar-refractivity contribution in [3.05, 3.63) is 35.9 Å². The summed E-state index contributed by atoms with van der Waals surface area (Å²) in [7, 11) is 0. The Balaban J connectivity index is 1.53. The zero-order valence-electron chi connectivity index (χ0n) is 20.7. The number of aryl methyl sites for hydroxylation is 2. The van der Waals surface area contributed by atoms with Crippen LogP contribution >= 0.6 is 0 Å². The Morgan fingerprint density at radius 3 is 2.53 bits per heavy atom. The van der Waals surface area contributed by atoms with Gasteiger partial charge in [0, 0.05) is 0 Å². The fourth-order valence-corrected chi connectivity index (χ4v) is 4.31. The zero-order valence-corrected chi connectivity index (χ0v) is 20.7. The quantitative estimate of drug-likeness (QED) is 0.408. The minimum atomic E-state index is -0.924. The lowest BCUT2D eigenvalue weighted by Crippen LogP contribution is -2.36. The van der Waals surface area contributed by atoms with E-state index in [-0.39, 0.29) is 12.0 Å². The predicted octanol–water partition coefficient (Wildman–Crippen LogP) is 4.50. The molecular formula is C25H30N6O5. The van der Waals surface area contributed by atoms with E-state index < -0.39 is 17.8 Å². The normalized spacial score (nSPS) is 17.6. The Labute approximate surface area is 208 Å². The molecule has 3 N–H and O–H groups in total. The second-order valence-electron chi connectivity index (χ2n) is 9.16. The maximum atomic E-state index is 12.9. The van der Waals surface area contributed by atoms with Gasteiger partial charge in [-0.2, -0.15) is 4.98 Å². The van der Waals surface area contributed by atoms with Gasteiger partial charge in [0.15, 0.2) is 5.82 Å². The van der Waals surface area contributed by atoms with Crippen LogP contribution in [0.1, 0.15) is 50.9 Å². The maximum absolute atomic E-state index is 12.9. The van der Waals surface area contributed by atoms with Gasteiger partial charge in [-0.15, -0.1) is 0 Å². The number of carbonyl (C=O) groups is 2. The van der Waals surface area contributed by atoms with Crippen molar-refractivity contribution in [2.45, 2.75) is 59.5 Å². The number of pyridine rings is 1. The Morgan fingerprint density at radius 1 is 1.08 bits per heavy atom. The molecule has 2 unspecified atom stereocenters. The Morgan fingerprint density at radius 2 is 1.83 bits per heavy atom. The molecule has 36 heavy (non-hydrogen) atoms. The van der Waals surface area contributed by atoms with Crippen molar-refractivity contribution >= 4 is 29.1 Å². The smallest absolute Gasteiger partial charge is 0.307 e. The van der Waals surface area contributed by atoms with E-state index in [9.17, 15) is 14.7 Å². The van der Waals surface area contributed by atoms with E-state index in [1.54, 1.807) is 32.2 Å². The Bertz CT molecular complexity index is 1260. The van der Waals surface area contributed by atoms with E-state index in [2.05, 4.69) is 30.7 Å². The highest BCUT2D eigenvalue weighted by Crippen LogP contribution is 2.34. The van der Waals surface area contributed by atoms with E-state index in [4.69, 9.17) is 9.26 Å². The molecule has 11 nitrogen and oxygen atoms in total. The minimum absolute atomic E-state index is 0.0400. The van der Waals surface area contributed by atoms with Gasteiger partial charge >= 0.3 is 5.97 Å². The lowest BCUT2D eigenvalue weighted by atomic mass is 9.78. The van der Waals surface area contributed by atoms with E-state index in [1.165, 1.54) is 6.20 Å². The monoisotopic (exact) mass is 494 g/mol. The number of hydrogen-bond donors (Lipinski definition) is 3. The molecule has 11 heteroatoms. The highest BCUT2D eigenvalue weighted by atomic mass is 16.5. The standard InChI is InChI=1S/C25H30N6O5/c1-13(2)35-21-12-26-11-20(29-21)30-22-15(4)31-36-23(22)19-10-9-18(14(3)27-19)28-24(32)16-7-5-6-8-17(16)25(33)34/h9-13,16-17H,5-8H2,1-4H3,(H,28,32)(H,29,30)(H,33,34). The zero-order chi connectivity index (χ0) is 25.8. The topological polar surface area (TPSA) is 152 Å². The van der Waals surface area contributed by atoms with Crippen LogP contribution < -0.4 is 15.4 Å². The third kappa shape index (κ3) is 5.61. The number of carboxylic acid groups (broad SMARTS) is 1. The number of rotatable bonds is 8. The van der Waals surface area contributed by atoms with E-state index in [1.807, 2.05) is 13.8 Å². The van der Waals surface area contributed by atoms with Crippen LogP contribution in [0.2, 0.25) is 0 Å². The van der Waals surface area contributed by atoms with Crippen molar-refractivity contribution < 1.29 is 24.0 Å². The number of anilines is 3. The van der Waals surface area contributed by atoms with Crippen molar-refractivity contribution in [1.29, 1.82) is 0 Å². The minimum Gasteiger partial charge on any atom is -0.481 e. The molecule has 0 aromatic carbocycles. The van der Waals surface area contributed by atoms with Gasteiger partial charge in [0.05, 0.1) is 41.7 Å². The van der Waals surface area contributed by atoms with Crippen LogP contribution in [0.4, 0.5) is 17.2 Å². The summed E-state index contributed by atoms with van der Waals surface area (Å²) < 4.78 is 11.2. The Kier molecular flexibility index (Phi) is 7.47. The summed E-state index contributed by atoms with van der Waals surface area (Å²) in [6, 6.07) is 3.44. The van der Waals surface area contributed by atoms with Crippen LogP contribution in [-0.4, -0.2) is 43.2 Å². The van der Waals surface area contributed by atoms with Gasteiger partial charge in [-0.25, -0.2) is 4.98 Å². The number of amides is 1. The van der Waals surface area contributed by atoms with Gasteiger partial charge in [0.2, 0.25) is 17.5 Å². The molecule has 1 fully saturated rings. The summed E-state index contributed by atoms with van der Waals surface area (Å²) in [5.74, 6) is -1.18. The SMILES string of the molecule is Cc1nc(-c2onc(C)c2Nc2cncc(OC(C)C)n2)ccc1NC(=O)C1CCCCC1C(=O)O. The second kappa shape index (κ2) is 10.7. The van der Waals surface area contributed by atoms with E-state index in [0.717, 1.165) is 12.8 Å². The van der Waals surface area contributed by atoms with E-state index >= 15 is 0 Å². The van der Waals surface area contributed by atoms with E-state index in [0.29, 0.717) is 58.8 Å². The maximum Gasteiger partial charge on any atom is 0.307 e. The first-order chi connectivity index (χ1) is 17.2. The van der Waals surface area contributed by atoms with Crippen molar-refractivity contribution in [2.24, 2.45) is 11.8 Å². The van der Waals surface area contributed by atoms with Gasteiger partial charge in [-0.3, -0.25) is 14.6 Å². The lowest BCUT2D eigenvalue weighted by molar-refractivity contribution is -0.147. The van der Waals surface area contributed by atoms with Crippen LogP contribution in [0, 0.1) is 25.7 Å². The average molecular weight is 495 g/mol. The first-order valence-corrected chi connectivity index (χ1v) is 12.0. The largest absolute Gasteiger partial charge is 0.481 e. The number of ether oxygens (including phenoxy) is 1. The molecule has 0 spiro atoms. The molecule has 3 aromatic heterocycles. The van der Waals surface area contributed by atoms with Gasteiger partial charge in [-0.05, 0) is 52.7 Å². The van der Waals surface area contributed by atoms with Gasteiger partial charge in [0.1, 0.15) is 17.1 Å². The summed E-state index contributed by atoms with van der Waals surface area (Å²) in [6.07, 6.45) is 5.81. The van der Waals surface area contributed by atoms with Gasteiger partial charge in [-0.1, -0.05) is 18.0 Å². The third-order valence-electron chi connectivity index (χ3n) is 6.08. The second-order valence-corrected chi connectivity index (χ2v) is 9.16. The lowest BCUT2D eigenvalue weighted by Gasteiger charge is -2.27. The molecule has 190 valence electrons. The number of nitrogens with zero attached hydrogens (tertiary/aromatic N) is 4. The molecule has 4 rings (SSSR count). The molecule has 0 aliphatic heterocycles. The Hall–Kier alpha value is -4.02. The number of nitrogens with one attached hydrogen (secondary N) is 2. The highest BCUT2D eigenvalue weighted by Gasteiger charge is 2.36. The van der Waals surface area contributed by atoms with Gasteiger partial charge < -0.3 is 25.0 Å². The number of carbonyl (C=O) groups excluding carboxylic acids is 1. The number of aromatic nitrogens is 4. The molecule has 1 amide bonds. The number of carboxylic acids is 1. The van der Waals surface area contributed by atoms with Crippen LogP contribution in [0.5, 0.6) is 5.88 Å². The van der Waals surface area contributed by atoms with Crippen LogP contribution in [0.15, 0.2) is 29.0 Å². The molecule has 1 saturated carbocycles. The molecule has 2 atom stereocenters. The van der Waals surface area contributed by atoms with Gasteiger partial charge in [0.25, 0.3) is 0 Å². The average Bonchev–Trinajstić information content (AvgIpc) is 3.20. The molecule has 1 aliphatic carbocycles. The summed E-state index contributed by atoms with van der Waals surface area (Å²) in [5.41, 5.74) is 2.79. The highest BCUT2D eigenvalue weighted by molar-refractivity contribution is 5.95. The molecule has 3 heterocycles. The van der Waals surface area contributed by atoms with Crippen molar-refractivity contribution in [3.63, 3.8) is 0 Å². The first kappa shape index (κ1) is 25.1. The van der Waals surface area contributed by atoms with Crippen molar-refractivity contribution in [2.75, 3.05) is 10.6 Å². The summed E-state index contributed by atoms with van der Waals surface area (Å²) >= 11 is 0. The molecule has 0 bridgehead atoms. The molecule has 3 aromatic rings. The predicted molar refractivity (Wildman–Crippen MR) is 132 cm³/mol. The fourth-order valence-electron chi connectivity index (χ4n) is 4.31. The summed E-state index contributed by atoms with van der Waals surface area (Å²) in [6.45, 7) is 7.37. The fraction of sp³-hybridized carbons (Fsp3) is 0.440. The molecule has 0 saturated heterocycles. The summed E-state index contributed by atoms with van der Waals surface area (Å²) in [5, 5.41) is 19.6. The molecule has 0 radical (unpaired) electrons. The van der Waals surface area contributed by atoms with Crippen molar-refractivity contribution in [3.8, 4) is 17.3 Å².